The Kier molecular flexibility index (Phi) is 3.27. The van der Waals surface area contributed by atoms with Gasteiger partial charge in [0.05, 0.1) is 17.5 Å². The number of benzene rings is 3. The smallest absolute Gasteiger partial charge is 0.240 e. The van der Waals surface area contributed by atoms with E-state index in [1.807, 2.05) is 67.6 Å². The molecule has 2 bridgehead atoms. The van der Waals surface area contributed by atoms with E-state index < -0.39 is 16.7 Å². The molecule has 3 aliphatic carbocycles. The monoisotopic (exact) mass is 399 g/mol. The first-order valence-corrected chi connectivity index (χ1v) is 10.2. The van der Waals surface area contributed by atoms with Gasteiger partial charge in [-0.3, -0.25) is 9.59 Å². The topological polar surface area (TPSA) is 37.4 Å². The average molecular weight is 400 g/mol. The fraction of sp³-hybridized carbons (Fsp3) is 0.200. The fourth-order valence-electron chi connectivity index (χ4n) is 5.73. The standard InChI is InChI=1S/C25H18ClNO2/c1-14-8-2-7-13-19(14)27-23(28)21-20-15-9-3-5-11-17(15)25(26,22(21)24(27)29)18-12-6-4-10-16(18)20/h2-13,20-22H,1H3/t20?,21-,22+,25?/m1/s1. The molecule has 4 heteroatoms. The van der Waals surface area contributed by atoms with Gasteiger partial charge in [0, 0.05) is 5.92 Å². The number of nitrogens with zero attached hydrogens (tertiary/aromatic N) is 1. The summed E-state index contributed by atoms with van der Waals surface area (Å²) in [5.74, 6) is -1.58. The van der Waals surface area contributed by atoms with Gasteiger partial charge in [0.2, 0.25) is 11.8 Å². The second kappa shape index (κ2) is 5.58. The second-order valence-electron chi connectivity index (χ2n) is 8.17. The quantitative estimate of drug-likeness (QED) is 0.437. The molecule has 1 saturated heterocycles. The summed E-state index contributed by atoms with van der Waals surface area (Å²) in [5, 5.41) is 0. The van der Waals surface area contributed by atoms with Crippen LogP contribution in [0.1, 0.15) is 33.7 Å². The van der Waals surface area contributed by atoms with Gasteiger partial charge in [0.15, 0.2) is 0 Å². The lowest BCUT2D eigenvalue weighted by Gasteiger charge is -2.50. The molecule has 0 saturated carbocycles. The van der Waals surface area contributed by atoms with E-state index in [2.05, 4.69) is 12.1 Å². The van der Waals surface area contributed by atoms with Crippen LogP contribution in [0.2, 0.25) is 0 Å². The van der Waals surface area contributed by atoms with E-state index in [-0.39, 0.29) is 17.7 Å². The molecule has 7 rings (SSSR count). The van der Waals surface area contributed by atoms with E-state index in [9.17, 15) is 9.59 Å². The highest BCUT2D eigenvalue weighted by Crippen LogP contribution is 2.65. The molecule has 0 unspecified atom stereocenters. The van der Waals surface area contributed by atoms with Crippen LogP contribution in [0.15, 0.2) is 72.8 Å². The van der Waals surface area contributed by atoms with E-state index in [1.54, 1.807) is 0 Å². The Bertz CT molecular complexity index is 1170. The summed E-state index contributed by atoms with van der Waals surface area (Å²) in [6, 6.07) is 23.5. The van der Waals surface area contributed by atoms with Crippen LogP contribution in [0.3, 0.4) is 0 Å². The number of rotatable bonds is 1. The van der Waals surface area contributed by atoms with Crippen LogP contribution in [0.4, 0.5) is 5.69 Å². The number of anilines is 1. The number of hydrogen-bond donors (Lipinski definition) is 0. The van der Waals surface area contributed by atoms with Gasteiger partial charge in [-0.05, 0) is 40.8 Å². The third kappa shape index (κ3) is 1.89. The van der Waals surface area contributed by atoms with Crippen molar-refractivity contribution in [2.24, 2.45) is 11.8 Å². The summed E-state index contributed by atoms with van der Waals surface area (Å²) in [6.07, 6.45) is 0. The number of para-hydroxylation sites is 1. The van der Waals surface area contributed by atoms with Crippen molar-refractivity contribution in [3.05, 3.63) is 101 Å². The third-order valence-electron chi connectivity index (χ3n) is 6.87. The molecule has 2 atom stereocenters. The van der Waals surface area contributed by atoms with Crippen LogP contribution in [0.25, 0.3) is 0 Å². The zero-order valence-electron chi connectivity index (χ0n) is 15.8. The van der Waals surface area contributed by atoms with Gasteiger partial charge < -0.3 is 0 Å². The molecule has 3 aromatic carbocycles. The summed E-state index contributed by atoms with van der Waals surface area (Å²) < 4.78 is 0. The second-order valence-corrected chi connectivity index (χ2v) is 8.76. The number of alkyl halides is 1. The van der Waals surface area contributed by atoms with Gasteiger partial charge in [-0.1, -0.05) is 66.7 Å². The number of amides is 2. The van der Waals surface area contributed by atoms with Crippen LogP contribution in [-0.4, -0.2) is 11.8 Å². The molecule has 4 aliphatic rings. The van der Waals surface area contributed by atoms with Crippen molar-refractivity contribution >= 4 is 29.1 Å². The van der Waals surface area contributed by atoms with Gasteiger partial charge >= 0.3 is 0 Å². The van der Waals surface area contributed by atoms with Crippen LogP contribution in [-0.2, 0) is 14.5 Å². The minimum atomic E-state index is -1.03. The minimum absolute atomic E-state index is 0.145. The number of aryl methyl sites for hydroxylation is 1. The molecule has 0 N–H and O–H groups in total. The van der Waals surface area contributed by atoms with Gasteiger partial charge in [0.25, 0.3) is 0 Å². The van der Waals surface area contributed by atoms with E-state index >= 15 is 0 Å². The van der Waals surface area contributed by atoms with Gasteiger partial charge in [-0.2, -0.15) is 0 Å². The van der Waals surface area contributed by atoms with Crippen molar-refractivity contribution in [3.8, 4) is 0 Å². The van der Waals surface area contributed by atoms with E-state index in [4.69, 9.17) is 11.6 Å². The van der Waals surface area contributed by atoms with Crippen molar-refractivity contribution in [1.29, 1.82) is 0 Å². The zero-order valence-corrected chi connectivity index (χ0v) is 16.6. The number of carbonyl (C=O) groups is 2. The minimum Gasteiger partial charge on any atom is -0.274 e. The lowest BCUT2D eigenvalue weighted by molar-refractivity contribution is -0.122. The molecule has 1 aliphatic heterocycles. The Hall–Kier alpha value is -2.91. The number of imide groups is 1. The van der Waals surface area contributed by atoms with Crippen LogP contribution in [0.5, 0.6) is 0 Å². The highest BCUT2D eigenvalue weighted by atomic mass is 35.5. The normalized spacial score (nSPS) is 28.9. The summed E-state index contributed by atoms with van der Waals surface area (Å²) in [5.41, 5.74) is 5.60. The molecule has 0 aromatic heterocycles. The van der Waals surface area contributed by atoms with Crippen LogP contribution in [0, 0.1) is 18.8 Å². The molecule has 0 radical (unpaired) electrons. The molecule has 3 nitrogen and oxygen atoms in total. The summed E-state index contributed by atoms with van der Waals surface area (Å²) >= 11 is 7.41. The maximum Gasteiger partial charge on any atom is 0.240 e. The Morgan fingerprint density at radius 3 is 1.97 bits per heavy atom. The maximum atomic E-state index is 13.7. The van der Waals surface area contributed by atoms with Gasteiger partial charge in [-0.15, -0.1) is 11.6 Å². The first kappa shape index (κ1) is 17.0. The van der Waals surface area contributed by atoms with E-state index in [0.717, 1.165) is 27.8 Å². The lowest BCUT2D eigenvalue weighted by atomic mass is 9.54. The van der Waals surface area contributed by atoms with Crippen molar-refractivity contribution < 1.29 is 9.59 Å². The fourth-order valence-corrected chi connectivity index (χ4v) is 6.30. The summed E-state index contributed by atoms with van der Waals surface area (Å²) in [6.45, 7) is 1.92. The van der Waals surface area contributed by atoms with Crippen molar-refractivity contribution in [2.75, 3.05) is 4.90 Å². The van der Waals surface area contributed by atoms with E-state index in [0.29, 0.717) is 5.69 Å². The van der Waals surface area contributed by atoms with Crippen molar-refractivity contribution in [1.82, 2.24) is 0 Å². The maximum absolute atomic E-state index is 13.7. The average Bonchev–Trinajstić information content (AvgIpc) is 3.01. The molecule has 1 fully saturated rings. The predicted molar refractivity (Wildman–Crippen MR) is 112 cm³/mol. The van der Waals surface area contributed by atoms with Crippen LogP contribution >= 0.6 is 11.6 Å². The molecular weight excluding hydrogens is 382 g/mol. The van der Waals surface area contributed by atoms with E-state index in [1.165, 1.54) is 4.90 Å². The number of halogens is 1. The number of carbonyl (C=O) groups excluding carboxylic acids is 2. The van der Waals surface area contributed by atoms with Gasteiger partial charge in [0.1, 0.15) is 4.87 Å². The third-order valence-corrected chi connectivity index (χ3v) is 7.51. The molecule has 142 valence electrons. The molecular formula is C25H18ClNO2. The summed E-state index contributed by atoms with van der Waals surface area (Å²) in [7, 11) is 0. The molecule has 29 heavy (non-hydrogen) atoms. The van der Waals surface area contributed by atoms with Crippen molar-refractivity contribution in [2.45, 2.75) is 17.7 Å². The lowest BCUT2D eigenvalue weighted by Crippen LogP contribution is -2.50. The predicted octanol–water partition coefficient (Wildman–Crippen LogP) is 4.74. The first-order valence-electron chi connectivity index (χ1n) is 9.86. The Morgan fingerprint density at radius 1 is 0.793 bits per heavy atom. The van der Waals surface area contributed by atoms with Gasteiger partial charge in [-0.25, -0.2) is 4.90 Å². The molecule has 2 amide bonds. The SMILES string of the molecule is Cc1ccccc1N1C(=O)[C@@H]2C3c4ccccc4C(Cl)(c4ccccc43)[C@@H]2C1=O. The molecule has 3 aromatic rings. The highest BCUT2D eigenvalue weighted by molar-refractivity contribution is 6.33. The Morgan fingerprint density at radius 2 is 1.34 bits per heavy atom. The Labute approximate surface area is 173 Å². The highest BCUT2D eigenvalue weighted by Gasteiger charge is 2.68. The Balaban J connectivity index is 1.64. The molecule has 1 heterocycles. The zero-order chi connectivity index (χ0) is 19.9. The van der Waals surface area contributed by atoms with Crippen molar-refractivity contribution in [3.63, 3.8) is 0 Å². The largest absolute Gasteiger partial charge is 0.274 e. The number of hydrogen-bond acceptors (Lipinski definition) is 2. The molecule has 0 spiro atoms. The first-order chi connectivity index (χ1) is 14.0. The van der Waals surface area contributed by atoms with Crippen LogP contribution < -0.4 is 4.90 Å². The summed E-state index contributed by atoms with van der Waals surface area (Å²) in [4.78, 5) is 27.8.